The molecule has 90 valence electrons. The van der Waals surface area contributed by atoms with Crippen LogP contribution in [0.1, 0.15) is 47.5 Å². The van der Waals surface area contributed by atoms with Gasteiger partial charge in [-0.2, -0.15) is 0 Å². The van der Waals surface area contributed by atoms with Gasteiger partial charge in [0.1, 0.15) is 0 Å². The second-order valence-corrected chi connectivity index (χ2v) is 5.35. The first kappa shape index (κ1) is 14.4. The minimum absolute atomic E-state index is 0.104. The zero-order chi connectivity index (χ0) is 12.1. The van der Waals surface area contributed by atoms with Crippen LogP contribution in [0.3, 0.4) is 0 Å². The highest BCUT2D eigenvalue weighted by atomic mass is 16.5. The molecule has 2 atom stereocenters. The van der Waals surface area contributed by atoms with Crippen LogP contribution in [0.4, 0.5) is 0 Å². The van der Waals surface area contributed by atoms with E-state index < -0.39 is 5.97 Å². The highest BCUT2D eigenvalue weighted by molar-refractivity contribution is 5.69. The summed E-state index contributed by atoms with van der Waals surface area (Å²) in [5.74, 6) is -0.535. The molecule has 15 heavy (non-hydrogen) atoms. The third-order valence-corrected chi connectivity index (χ3v) is 2.31. The van der Waals surface area contributed by atoms with Gasteiger partial charge in [0.15, 0.2) is 0 Å². The molecule has 3 nitrogen and oxygen atoms in total. The predicted octanol–water partition coefficient (Wildman–Crippen LogP) is 2.94. The normalized spacial score (nSPS) is 16.1. The number of rotatable bonds is 6. The smallest absolute Gasteiger partial charge is 0.306 e. The van der Waals surface area contributed by atoms with Crippen molar-refractivity contribution in [3.05, 3.63) is 0 Å². The fourth-order valence-electron chi connectivity index (χ4n) is 1.13. The second-order valence-electron chi connectivity index (χ2n) is 5.35. The fraction of sp³-hybridized carbons (Fsp3) is 0.917. The van der Waals surface area contributed by atoms with Gasteiger partial charge in [-0.1, -0.05) is 13.8 Å². The number of carboxylic acids is 1. The summed E-state index contributed by atoms with van der Waals surface area (Å²) < 4.78 is 5.64. The number of carboxylic acid groups (broad SMARTS) is 1. The molecule has 2 unspecified atom stereocenters. The zero-order valence-electron chi connectivity index (χ0n) is 10.5. The number of carbonyl (C=O) groups is 1. The molecule has 3 heteroatoms. The molecule has 0 bridgehead atoms. The fourth-order valence-corrected chi connectivity index (χ4v) is 1.13. The third kappa shape index (κ3) is 8.43. The average molecular weight is 216 g/mol. The highest BCUT2D eigenvalue weighted by Gasteiger charge is 2.15. The molecular formula is C12H24O3. The lowest BCUT2D eigenvalue weighted by atomic mass is 9.98. The summed E-state index contributed by atoms with van der Waals surface area (Å²) in [5, 5.41) is 8.72. The Morgan fingerprint density at radius 3 is 2.20 bits per heavy atom. The Labute approximate surface area is 92.8 Å². The molecule has 0 radical (unpaired) electrons. The molecule has 0 fully saturated rings. The first-order valence-corrected chi connectivity index (χ1v) is 5.59. The summed E-state index contributed by atoms with van der Waals surface area (Å²) in [7, 11) is 0. The van der Waals surface area contributed by atoms with E-state index in [1.807, 2.05) is 20.8 Å². The van der Waals surface area contributed by atoms with Crippen molar-refractivity contribution >= 4 is 5.97 Å². The molecule has 0 aliphatic heterocycles. The number of ether oxygens (including phenoxy) is 1. The van der Waals surface area contributed by atoms with Crippen molar-refractivity contribution in [2.24, 2.45) is 11.8 Å². The van der Waals surface area contributed by atoms with E-state index in [0.717, 1.165) is 12.8 Å². The van der Waals surface area contributed by atoms with Gasteiger partial charge in [0.2, 0.25) is 0 Å². The lowest BCUT2D eigenvalue weighted by Gasteiger charge is -2.22. The van der Waals surface area contributed by atoms with Gasteiger partial charge in [0.25, 0.3) is 0 Å². The van der Waals surface area contributed by atoms with E-state index in [4.69, 9.17) is 9.84 Å². The second kappa shape index (κ2) is 6.11. The van der Waals surface area contributed by atoms with Gasteiger partial charge >= 0.3 is 5.97 Å². The Kier molecular flexibility index (Phi) is 5.88. The van der Waals surface area contributed by atoms with Crippen LogP contribution in [0.2, 0.25) is 0 Å². The summed E-state index contributed by atoms with van der Waals surface area (Å²) >= 11 is 0. The van der Waals surface area contributed by atoms with E-state index in [-0.39, 0.29) is 11.5 Å². The Morgan fingerprint density at radius 1 is 1.27 bits per heavy atom. The third-order valence-electron chi connectivity index (χ3n) is 2.31. The first-order valence-electron chi connectivity index (χ1n) is 5.59. The van der Waals surface area contributed by atoms with Crippen molar-refractivity contribution in [2.75, 3.05) is 6.61 Å². The lowest BCUT2D eigenvalue weighted by molar-refractivity contribution is -0.141. The van der Waals surface area contributed by atoms with Crippen LogP contribution >= 0.6 is 0 Å². The molecule has 0 aromatic heterocycles. The van der Waals surface area contributed by atoms with E-state index in [2.05, 4.69) is 6.92 Å². The van der Waals surface area contributed by atoms with Gasteiger partial charge in [-0.05, 0) is 39.5 Å². The van der Waals surface area contributed by atoms with Crippen molar-refractivity contribution in [2.45, 2.75) is 53.1 Å². The van der Waals surface area contributed by atoms with Crippen LogP contribution in [0, 0.1) is 11.8 Å². The van der Waals surface area contributed by atoms with Crippen molar-refractivity contribution in [3.8, 4) is 0 Å². The van der Waals surface area contributed by atoms with Crippen LogP contribution in [0.5, 0.6) is 0 Å². The van der Waals surface area contributed by atoms with Crippen LogP contribution in [0.25, 0.3) is 0 Å². The van der Waals surface area contributed by atoms with E-state index in [1.165, 1.54) is 0 Å². The Hall–Kier alpha value is -0.570. The largest absolute Gasteiger partial charge is 0.481 e. The lowest BCUT2D eigenvalue weighted by Crippen LogP contribution is -2.23. The molecule has 0 saturated heterocycles. The van der Waals surface area contributed by atoms with Crippen molar-refractivity contribution in [1.82, 2.24) is 0 Å². The van der Waals surface area contributed by atoms with Gasteiger partial charge in [-0.25, -0.2) is 0 Å². The summed E-state index contributed by atoms with van der Waals surface area (Å²) in [6, 6.07) is 0. The molecular weight excluding hydrogens is 192 g/mol. The standard InChI is InChI=1S/C12H24O3/c1-9(8-15-12(3,4)5)6-7-10(2)11(13)14/h9-10H,6-8H2,1-5H3,(H,13,14). The molecule has 0 rings (SSSR count). The SMILES string of the molecule is CC(CCC(C)C(=O)O)COC(C)(C)C. The van der Waals surface area contributed by atoms with Crippen molar-refractivity contribution < 1.29 is 14.6 Å². The van der Waals surface area contributed by atoms with Crippen molar-refractivity contribution in [3.63, 3.8) is 0 Å². The maximum absolute atomic E-state index is 10.6. The summed E-state index contributed by atoms with van der Waals surface area (Å²) in [6.45, 7) is 10.6. The predicted molar refractivity (Wildman–Crippen MR) is 60.9 cm³/mol. The molecule has 0 saturated carbocycles. The molecule has 0 aromatic rings. The van der Waals surface area contributed by atoms with Crippen LogP contribution in [0.15, 0.2) is 0 Å². The zero-order valence-corrected chi connectivity index (χ0v) is 10.5. The quantitative estimate of drug-likeness (QED) is 0.742. The Bertz CT molecular complexity index is 194. The van der Waals surface area contributed by atoms with Gasteiger partial charge in [0.05, 0.1) is 11.5 Å². The monoisotopic (exact) mass is 216 g/mol. The maximum atomic E-state index is 10.6. The Balaban J connectivity index is 3.66. The minimum Gasteiger partial charge on any atom is -0.481 e. The molecule has 0 aliphatic rings. The summed E-state index contributed by atoms with van der Waals surface area (Å²) in [4.78, 5) is 10.6. The minimum atomic E-state index is -0.709. The summed E-state index contributed by atoms with van der Waals surface area (Å²) in [5.41, 5.74) is -0.104. The van der Waals surface area contributed by atoms with Crippen LogP contribution < -0.4 is 0 Å². The van der Waals surface area contributed by atoms with Crippen LogP contribution in [-0.2, 0) is 9.53 Å². The average Bonchev–Trinajstić information content (AvgIpc) is 2.09. The molecule has 0 amide bonds. The van der Waals surface area contributed by atoms with Gasteiger partial charge in [-0.15, -0.1) is 0 Å². The number of hydrogen-bond acceptors (Lipinski definition) is 2. The molecule has 1 N–H and O–H groups in total. The molecule has 0 aromatic carbocycles. The van der Waals surface area contributed by atoms with Gasteiger partial charge in [0, 0.05) is 6.61 Å². The van der Waals surface area contributed by atoms with E-state index in [9.17, 15) is 4.79 Å². The molecule has 0 spiro atoms. The van der Waals surface area contributed by atoms with Crippen molar-refractivity contribution in [1.29, 1.82) is 0 Å². The van der Waals surface area contributed by atoms with E-state index >= 15 is 0 Å². The van der Waals surface area contributed by atoms with Crippen LogP contribution in [-0.4, -0.2) is 23.3 Å². The van der Waals surface area contributed by atoms with E-state index in [0.29, 0.717) is 12.5 Å². The highest BCUT2D eigenvalue weighted by Crippen LogP contribution is 2.16. The summed E-state index contributed by atoms with van der Waals surface area (Å²) in [6.07, 6.45) is 1.63. The van der Waals surface area contributed by atoms with E-state index in [1.54, 1.807) is 6.92 Å². The maximum Gasteiger partial charge on any atom is 0.306 e. The van der Waals surface area contributed by atoms with Gasteiger partial charge < -0.3 is 9.84 Å². The first-order chi connectivity index (χ1) is 6.72. The van der Waals surface area contributed by atoms with Gasteiger partial charge in [-0.3, -0.25) is 4.79 Å². The molecule has 0 aliphatic carbocycles. The Morgan fingerprint density at radius 2 is 1.80 bits per heavy atom. The number of hydrogen-bond donors (Lipinski definition) is 1. The number of aliphatic carboxylic acids is 1. The topological polar surface area (TPSA) is 46.5 Å². The molecule has 0 heterocycles.